The Morgan fingerprint density at radius 1 is 1.15 bits per heavy atom. The molecule has 3 rings (SSSR count). The summed E-state index contributed by atoms with van der Waals surface area (Å²) in [5.74, 6) is 0.768. The first-order chi connectivity index (χ1) is 13.1. The lowest BCUT2D eigenvalue weighted by molar-refractivity contribution is -0.117. The molecule has 0 bridgehead atoms. The van der Waals surface area contributed by atoms with Crippen LogP contribution < -0.4 is 14.8 Å². The normalized spacial score (nSPS) is 11.7. The minimum Gasteiger partial charge on any atom is -0.497 e. The van der Waals surface area contributed by atoms with E-state index >= 15 is 0 Å². The molecule has 140 valence electrons. The highest BCUT2D eigenvalue weighted by molar-refractivity contribution is 5.95. The lowest BCUT2D eigenvalue weighted by Gasteiger charge is -2.16. The minimum absolute atomic E-state index is 0.224. The fourth-order valence-corrected chi connectivity index (χ4v) is 2.73. The van der Waals surface area contributed by atoms with Crippen LogP contribution >= 0.6 is 0 Å². The zero-order chi connectivity index (χ0) is 19.2. The van der Waals surface area contributed by atoms with Crippen molar-refractivity contribution in [1.29, 1.82) is 0 Å². The first-order valence-electron chi connectivity index (χ1n) is 8.42. The van der Waals surface area contributed by atoms with E-state index in [9.17, 15) is 4.79 Å². The van der Waals surface area contributed by atoms with Crippen molar-refractivity contribution in [3.8, 4) is 11.5 Å². The highest BCUT2D eigenvalue weighted by atomic mass is 16.5. The smallest absolute Gasteiger partial charge is 0.235 e. The van der Waals surface area contributed by atoms with Crippen molar-refractivity contribution in [3.05, 3.63) is 59.4 Å². The van der Waals surface area contributed by atoms with Gasteiger partial charge in [-0.3, -0.25) is 4.79 Å². The molecule has 0 fully saturated rings. The predicted octanol–water partition coefficient (Wildman–Crippen LogP) is 2.49. The molecule has 1 amide bonds. The van der Waals surface area contributed by atoms with Gasteiger partial charge >= 0.3 is 0 Å². The number of nitrogens with one attached hydrogen (secondary N) is 2. The number of aromatic amines is 1. The lowest BCUT2D eigenvalue weighted by atomic mass is 9.96. The summed E-state index contributed by atoms with van der Waals surface area (Å²) in [6, 6.07) is 13.0. The Hall–Kier alpha value is -3.42. The summed E-state index contributed by atoms with van der Waals surface area (Å²) in [6.45, 7) is 1.99. The molecule has 2 aromatic carbocycles. The maximum atomic E-state index is 12.9. The van der Waals surface area contributed by atoms with Crippen molar-refractivity contribution in [1.82, 2.24) is 20.6 Å². The summed E-state index contributed by atoms with van der Waals surface area (Å²) in [5.41, 5.74) is 2.67. The molecule has 3 aromatic rings. The largest absolute Gasteiger partial charge is 0.497 e. The Morgan fingerprint density at radius 3 is 2.56 bits per heavy atom. The first kappa shape index (κ1) is 18.4. The number of carbonyl (C=O) groups excluding carboxylic acids is 1. The molecule has 27 heavy (non-hydrogen) atoms. The highest BCUT2D eigenvalue weighted by Crippen LogP contribution is 2.29. The van der Waals surface area contributed by atoms with Crippen molar-refractivity contribution in [3.63, 3.8) is 0 Å². The second kappa shape index (κ2) is 8.31. The van der Waals surface area contributed by atoms with Crippen molar-refractivity contribution < 1.29 is 14.3 Å². The quantitative estimate of drug-likeness (QED) is 0.665. The van der Waals surface area contributed by atoms with E-state index < -0.39 is 5.92 Å². The number of nitrogens with zero attached hydrogens (tertiary/aromatic N) is 3. The second-order valence-corrected chi connectivity index (χ2v) is 6.06. The van der Waals surface area contributed by atoms with Gasteiger partial charge in [-0.1, -0.05) is 29.0 Å². The van der Waals surface area contributed by atoms with Gasteiger partial charge in [0.15, 0.2) is 5.82 Å². The summed E-state index contributed by atoms with van der Waals surface area (Å²) in [7, 11) is 3.17. The Bertz CT molecular complexity index is 894. The van der Waals surface area contributed by atoms with Crippen LogP contribution in [0, 0.1) is 6.92 Å². The van der Waals surface area contributed by atoms with E-state index in [1.54, 1.807) is 20.3 Å². The third kappa shape index (κ3) is 4.41. The predicted molar refractivity (Wildman–Crippen MR) is 100.0 cm³/mol. The number of ether oxygens (including phenoxy) is 2. The lowest BCUT2D eigenvalue weighted by Crippen LogP contribution is -2.24. The maximum absolute atomic E-state index is 12.9. The Balaban J connectivity index is 1.86. The van der Waals surface area contributed by atoms with Gasteiger partial charge in [0.1, 0.15) is 17.4 Å². The number of rotatable bonds is 7. The summed E-state index contributed by atoms with van der Waals surface area (Å²) in [4.78, 5) is 12.9. The van der Waals surface area contributed by atoms with E-state index in [-0.39, 0.29) is 5.91 Å². The van der Waals surface area contributed by atoms with Crippen LogP contribution in [0.15, 0.2) is 42.5 Å². The Morgan fingerprint density at radius 2 is 1.93 bits per heavy atom. The van der Waals surface area contributed by atoms with Gasteiger partial charge in [0.05, 0.1) is 14.2 Å². The summed E-state index contributed by atoms with van der Waals surface area (Å²) >= 11 is 0. The molecule has 0 unspecified atom stereocenters. The number of carbonyl (C=O) groups is 1. The average molecular weight is 367 g/mol. The first-order valence-corrected chi connectivity index (χ1v) is 8.42. The van der Waals surface area contributed by atoms with Crippen LogP contribution in [0.3, 0.4) is 0 Å². The average Bonchev–Trinajstić information content (AvgIpc) is 3.22. The number of aromatic nitrogens is 4. The standard InChI is InChI=1S/C19H21N5O3/c1-12-4-7-14(8-5-12)20-19(25)16(18-21-23-24-22-18)10-13-6-9-15(26-2)11-17(13)27-3/h4-9,11,16H,10H2,1-3H3,(H,20,25)(H,21,22,23,24)/t16-/m0/s1. The number of benzene rings is 2. The van der Waals surface area contributed by atoms with Gasteiger partial charge in [-0.2, -0.15) is 5.21 Å². The summed E-state index contributed by atoms with van der Waals surface area (Å²) in [5, 5.41) is 16.9. The molecule has 1 aromatic heterocycles. The number of hydrogen-bond donors (Lipinski definition) is 2. The van der Waals surface area contributed by atoms with Crippen LogP contribution in [0.5, 0.6) is 11.5 Å². The van der Waals surface area contributed by atoms with Crippen LogP contribution in [0.25, 0.3) is 0 Å². The summed E-state index contributed by atoms with van der Waals surface area (Å²) < 4.78 is 10.7. The number of amides is 1. The fourth-order valence-electron chi connectivity index (χ4n) is 2.73. The van der Waals surface area contributed by atoms with Gasteiger partial charge in [0.25, 0.3) is 0 Å². The van der Waals surface area contributed by atoms with Crippen molar-refractivity contribution >= 4 is 11.6 Å². The number of H-pyrrole nitrogens is 1. The molecular weight excluding hydrogens is 346 g/mol. The molecule has 0 aliphatic rings. The fraction of sp³-hybridized carbons (Fsp3) is 0.263. The van der Waals surface area contributed by atoms with Crippen molar-refractivity contribution in [2.75, 3.05) is 19.5 Å². The minimum atomic E-state index is -0.632. The molecule has 0 aliphatic carbocycles. The molecular formula is C19H21N5O3. The zero-order valence-corrected chi connectivity index (χ0v) is 15.4. The molecule has 1 heterocycles. The van der Waals surface area contributed by atoms with Crippen molar-refractivity contribution in [2.24, 2.45) is 0 Å². The van der Waals surface area contributed by atoms with E-state index in [4.69, 9.17) is 9.47 Å². The van der Waals surface area contributed by atoms with E-state index in [0.717, 1.165) is 11.1 Å². The van der Waals surface area contributed by atoms with E-state index in [0.29, 0.717) is 29.4 Å². The molecule has 0 saturated carbocycles. The van der Waals surface area contributed by atoms with E-state index in [1.807, 2.05) is 43.3 Å². The summed E-state index contributed by atoms with van der Waals surface area (Å²) in [6.07, 6.45) is 0.352. The van der Waals surface area contributed by atoms with Crippen LogP contribution in [-0.4, -0.2) is 40.8 Å². The van der Waals surface area contributed by atoms with Crippen LogP contribution in [0.2, 0.25) is 0 Å². The van der Waals surface area contributed by atoms with Gasteiger partial charge in [0, 0.05) is 11.8 Å². The maximum Gasteiger partial charge on any atom is 0.235 e. The number of methoxy groups -OCH3 is 2. The molecule has 0 radical (unpaired) electrons. The molecule has 8 nitrogen and oxygen atoms in total. The monoisotopic (exact) mass is 367 g/mol. The Labute approximate surface area is 156 Å². The topological polar surface area (TPSA) is 102 Å². The number of aryl methyl sites for hydroxylation is 1. The second-order valence-electron chi connectivity index (χ2n) is 6.06. The van der Waals surface area contributed by atoms with Gasteiger partial charge in [-0.05, 0) is 37.1 Å². The molecule has 8 heteroatoms. The van der Waals surface area contributed by atoms with Gasteiger partial charge in [0.2, 0.25) is 5.91 Å². The van der Waals surface area contributed by atoms with Crippen molar-refractivity contribution in [2.45, 2.75) is 19.3 Å². The molecule has 0 spiro atoms. The number of hydrogen-bond acceptors (Lipinski definition) is 6. The van der Waals surface area contributed by atoms with E-state index in [1.165, 1.54) is 0 Å². The number of tetrazole rings is 1. The third-order valence-electron chi connectivity index (χ3n) is 4.23. The molecule has 0 aliphatic heterocycles. The van der Waals surface area contributed by atoms with Crippen LogP contribution in [0.4, 0.5) is 5.69 Å². The van der Waals surface area contributed by atoms with E-state index in [2.05, 4.69) is 25.9 Å². The van der Waals surface area contributed by atoms with Crippen LogP contribution in [0.1, 0.15) is 22.9 Å². The Kier molecular flexibility index (Phi) is 5.65. The van der Waals surface area contributed by atoms with Gasteiger partial charge in [-0.15, -0.1) is 10.2 Å². The van der Waals surface area contributed by atoms with Crippen LogP contribution in [-0.2, 0) is 11.2 Å². The highest BCUT2D eigenvalue weighted by Gasteiger charge is 2.27. The third-order valence-corrected chi connectivity index (χ3v) is 4.23. The molecule has 0 saturated heterocycles. The number of anilines is 1. The SMILES string of the molecule is COc1ccc(C[C@H](C(=O)Nc2ccc(C)cc2)c2nn[nH]n2)c(OC)c1. The molecule has 2 N–H and O–H groups in total. The van der Waals surface area contributed by atoms with Gasteiger partial charge < -0.3 is 14.8 Å². The molecule has 1 atom stereocenters. The zero-order valence-electron chi connectivity index (χ0n) is 15.4. The van der Waals surface area contributed by atoms with Gasteiger partial charge in [-0.25, -0.2) is 0 Å².